The molecule has 0 bridgehead atoms. The maximum absolute atomic E-state index is 13.2. The molecule has 1 aliphatic rings. The Morgan fingerprint density at radius 3 is 2.65 bits per heavy atom. The lowest BCUT2D eigenvalue weighted by Gasteiger charge is -2.32. The quantitative estimate of drug-likeness (QED) is 0.869. The van der Waals surface area contributed by atoms with Crippen molar-refractivity contribution in [1.29, 1.82) is 0 Å². The third-order valence-electron chi connectivity index (χ3n) is 3.61. The summed E-state index contributed by atoms with van der Waals surface area (Å²) in [5.41, 5.74) is -0.113. The Kier molecular flexibility index (Phi) is 5.38. The molecule has 1 saturated heterocycles. The minimum absolute atomic E-state index is 0.219. The fourth-order valence-electron chi connectivity index (χ4n) is 2.72. The lowest BCUT2D eigenvalue weighted by molar-refractivity contribution is -0.138. The summed E-state index contributed by atoms with van der Waals surface area (Å²) in [7, 11) is 0. The van der Waals surface area contributed by atoms with Crippen molar-refractivity contribution in [1.82, 2.24) is 5.32 Å². The van der Waals surface area contributed by atoms with E-state index in [-0.39, 0.29) is 11.3 Å². The van der Waals surface area contributed by atoms with Crippen LogP contribution in [0.15, 0.2) is 24.3 Å². The largest absolute Gasteiger partial charge is 0.416 e. The van der Waals surface area contributed by atoms with Crippen LogP contribution in [0.3, 0.4) is 0 Å². The van der Waals surface area contributed by atoms with Crippen LogP contribution in [0.4, 0.5) is 13.2 Å². The van der Waals surface area contributed by atoms with Gasteiger partial charge in [0.1, 0.15) is 0 Å². The monoisotopic (exact) mass is 303 g/mol. The minimum Gasteiger partial charge on any atom is -0.309 e. The minimum atomic E-state index is -4.29. The summed E-state index contributed by atoms with van der Waals surface area (Å²) in [4.78, 5) is 0. The molecule has 2 atom stereocenters. The second kappa shape index (κ2) is 6.85. The first-order valence-electron chi connectivity index (χ1n) is 7.05. The number of thioether (sulfide) groups is 1. The van der Waals surface area contributed by atoms with Crippen molar-refractivity contribution < 1.29 is 13.2 Å². The zero-order valence-corrected chi connectivity index (χ0v) is 12.4. The molecule has 1 nitrogen and oxygen atoms in total. The van der Waals surface area contributed by atoms with Crippen LogP contribution in [-0.4, -0.2) is 17.5 Å². The van der Waals surface area contributed by atoms with Gasteiger partial charge in [0, 0.05) is 11.3 Å². The molecule has 0 aromatic heterocycles. The fraction of sp³-hybridized carbons (Fsp3) is 0.600. The highest BCUT2D eigenvalue weighted by atomic mass is 32.2. The topological polar surface area (TPSA) is 12.0 Å². The Balaban J connectivity index is 2.33. The first-order valence-corrected chi connectivity index (χ1v) is 8.10. The van der Waals surface area contributed by atoms with Crippen molar-refractivity contribution >= 4 is 11.8 Å². The maximum atomic E-state index is 13.2. The van der Waals surface area contributed by atoms with E-state index in [0.29, 0.717) is 12.1 Å². The second-order valence-electron chi connectivity index (χ2n) is 5.03. The van der Waals surface area contributed by atoms with Crippen molar-refractivity contribution in [3.8, 4) is 0 Å². The van der Waals surface area contributed by atoms with E-state index in [1.165, 1.54) is 18.6 Å². The summed E-state index contributed by atoms with van der Waals surface area (Å²) < 4.78 is 39.5. The van der Waals surface area contributed by atoms with Crippen LogP contribution in [-0.2, 0) is 6.18 Å². The normalized spacial score (nSPS) is 21.7. The molecule has 1 aromatic rings. The summed E-state index contributed by atoms with van der Waals surface area (Å²) in [6, 6.07) is 5.74. The van der Waals surface area contributed by atoms with E-state index in [1.807, 2.05) is 6.92 Å². The van der Waals surface area contributed by atoms with E-state index in [4.69, 9.17) is 0 Å². The molecule has 0 spiro atoms. The number of nitrogens with one attached hydrogen (secondary N) is 1. The Bertz CT molecular complexity index is 427. The molecular formula is C15H20F3NS. The predicted octanol–water partition coefficient (Wildman–Crippen LogP) is 4.64. The lowest BCUT2D eigenvalue weighted by Crippen LogP contribution is -2.33. The van der Waals surface area contributed by atoms with Gasteiger partial charge in [-0.05, 0) is 36.8 Å². The molecule has 112 valence electrons. The van der Waals surface area contributed by atoms with Gasteiger partial charge >= 0.3 is 6.18 Å². The highest BCUT2D eigenvalue weighted by molar-refractivity contribution is 8.00. The standard InChI is InChI=1S/C15H20F3NS/c1-2-19-14(13-9-5-6-10-20-13)11-7-3-4-8-12(11)15(16,17)18/h3-4,7-8,13-14,19H,2,5-6,9-10H2,1H3. The van der Waals surface area contributed by atoms with E-state index in [0.717, 1.165) is 18.6 Å². The fourth-order valence-corrected chi connectivity index (χ4v) is 4.16. The molecule has 0 radical (unpaired) electrons. The number of hydrogen-bond donors (Lipinski definition) is 1. The molecule has 1 heterocycles. The zero-order chi connectivity index (χ0) is 14.6. The molecule has 0 saturated carbocycles. The van der Waals surface area contributed by atoms with E-state index < -0.39 is 11.7 Å². The van der Waals surface area contributed by atoms with Crippen molar-refractivity contribution in [2.75, 3.05) is 12.3 Å². The second-order valence-corrected chi connectivity index (χ2v) is 6.37. The van der Waals surface area contributed by atoms with Gasteiger partial charge in [-0.3, -0.25) is 0 Å². The van der Waals surface area contributed by atoms with Gasteiger partial charge in [0.25, 0.3) is 0 Å². The van der Waals surface area contributed by atoms with E-state index in [9.17, 15) is 13.2 Å². The number of alkyl halides is 3. The third-order valence-corrected chi connectivity index (χ3v) is 5.07. The van der Waals surface area contributed by atoms with E-state index in [1.54, 1.807) is 23.9 Å². The molecule has 1 aromatic carbocycles. The van der Waals surface area contributed by atoms with E-state index in [2.05, 4.69) is 5.32 Å². The number of benzene rings is 1. The smallest absolute Gasteiger partial charge is 0.309 e. The van der Waals surface area contributed by atoms with Crippen LogP contribution >= 0.6 is 11.8 Å². The number of halogens is 3. The Morgan fingerprint density at radius 2 is 2.05 bits per heavy atom. The van der Waals surface area contributed by atoms with Crippen LogP contribution in [0.25, 0.3) is 0 Å². The Morgan fingerprint density at radius 1 is 1.30 bits per heavy atom. The van der Waals surface area contributed by atoms with Gasteiger partial charge in [0.05, 0.1) is 5.56 Å². The Hall–Kier alpha value is -0.680. The summed E-state index contributed by atoms with van der Waals surface area (Å²) in [6.45, 7) is 2.62. The predicted molar refractivity (Wildman–Crippen MR) is 78.0 cm³/mol. The molecular weight excluding hydrogens is 283 g/mol. The average Bonchev–Trinajstić information content (AvgIpc) is 2.45. The van der Waals surface area contributed by atoms with Crippen LogP contribution in [0.1, 0.15) is 43.4 Å². The van der Waals surface area contributed by atoms with E-state index >= 15 is 0 Å². The van der Waals surface area contributed by atoms with Crippen molar-refractivity contribution in [3.05, 3.63) is 35.4 Å². The van der Waals surface area contributed by atoms with Crippen LogP contribution in [0.5, 0.6) is 0 Å². The van der Waals surface area contributed by atoms with Crippen LogP contribution < -0.4 is 5.32 Å². The Labute approximate surface area is 122 Å². The first kappa shape index (κ1) is 15.7. The van der Waals surface area contributed by atoms with Gasteiger partial charge in [-0.2, -0.15) is 24.9 Å². The maximum Gasteiger partial charge on any atom is 0.416 e. The van der Waals surface area contributed by atoms with Gasteiger partial charge in [-0.25, -0.2) is 0 Å². The van der Waals surface area contributed by atoms with Gasteiger partial charge in [0.2, 0.25) is 0 Å². The number of hydrogen-bond acceptors (Lipinski definition) is 2. The molecule has 5 heteroatoms. The van der Waals surface area contributed by atoms with Crippen molar-refractivity contribution in [3.63, 3.8) is 0 Å². The average molecular weight is 303 g/mol. The molecule has 0 aliphatic carbocycles. The van der Waals surface area contributed by atoms with Gasteiger partial charge in [-0.1, -0.05) is 31.5 Å². The molecule has 0 amide bonds. The summed E-state index contributed by atoms with van der Waals surface area (Å²) >= 11 is 1.80. The number of rotatable bonds is 4. The zero-order valence-electron chi connectivity index (χ0n) is 11.5. The molecule has 1 fully saturated rings. The van der Waals surface area contributed by atoms with Gasteiger partial charge < -0.3 is 5.32 Å². The highest BCUT2D eigenvalue weighted by Crippen LogP contribution is 2.40. The first-order chi connectivity index (χ1) is 9.54. The molecule has 1 N–H and O–H groups in total. The van der Waals surface area contributed by atoms with Gasteiger partial charge in [0.15, 0.2) is 0 Å². The third kappa shape index (κ3) is 3.70. The molecule has 2 rings (SSSR count). The van der Waals surface area contributed by atoms with Gasteiger partial charge in [-0.15, -0.1) is 0 Å². The summed E-state index contributed by atoms with van der Waals surface area (Å²) in [5, 5.41) is 3.49. The molecule has 20 heavy (non-hydrogen) atoms. The van der Waals surface area contributed by atoms with Crippen LogP contribution in [0.2, 0.25) is 0 Å². The van der Waals surface area contributed by atoms with Crippen molar-refractivity contribution in [2.45, 2.75) is 43.7 Å². The summed E-state index contributed by atoms with van der Waals surface area (Å²) in [6.07, 6.45) is -1.03. The lowest BCUT2D eigenvalue weighted by atomic mass is 9.94. The van der Waals surface area contributed by atoms with Crippen molar-refractivity contribution in [2.24, 2.45) is 0 Å². The summed E-state index contributed by atoms with van der Waals surface area (Å²) in [5.74, 6) is 1.04. The SMILES string of the molecule is CCNC(c1ccccc1C(F)(F)F)C1CCCCS1. The van der Waals surface area contributed by atoms with Crippen LogP contribution in [0, 0.1) is 0 Å². The molecule has 1 aliphatic heterocycles. The highest BCUT2D eigenvalue weighted by Gasteiger charge is 2.37. The molecule has 2 unspecified atom stereocenters.